The molecule has 0 spiro atoms. The van der Waals surface area contributed by atoms with Crippen molar-refractivity contribution >= 4 is 21.4 Å². The Morgan fingerprint density at radius 1 is 1.12 bits per heavy atom. The molecule has 0 atom stereocenters. The molecule has 1 heterocycles. The maximum atomic E-state index is 12.4. The van der Waals surface area contributed by atoms with Gasteiger partial charge in [0, 0.05) is 12.1 Å². The first-order valence-electron chi connectivity index (χ1n) is 6.70. The lowest BCUT2D eigenvalue weighted by Gasteiger charge is -2.09. The summed E-state index contributed by atoms with van der Waals surface area (Å²) in [4.78, 5) is 9.95. The molecule has 0 saturated heterocycles. The van der Waals surface area contributed by atoms with Gasteiger partial charge in [0.15, 0.2) is 0 Å². The summed E-state index contributed by atoms with van der Waals surface area (Å²) < 4.78 is 28.7. The summed E-state index contributed by atoms with van der Waals surface area (Å²) in [6.07, 6.45) is 3.12. The second-order valence-corrected chi connectivity index (χ2v) is 6.44. The number of nitrogens with one attached hydrogen (secondary N) is 1. The van der Waals surface area contributed by atoms with Gasteiger partial charge in [0.2, 0.25) is 0 Å². The molecule has 0 bridgehead atoms. The number of hydrogen-bond donors (Lipinski definition) is 1. The van der Waals surface area contributed by atoms with Crippen LogP contribution < -0.4 is 4.72 Å². The molecule has 0 unspecified atom stereocenters. The van der Waals surface area contributed by atoms with E-state index in [9.17, 15) is 18.5 Å². The number of nitrogens with zero attached hydrogens (tertiary/aromatic N) is 4. The third-order valence-electron chi connectivity index (χ3n) is 3.12. The Morgan fingerprint density at radius 2 is 1.92 bits per heavy atom. The summed E-state index contributed by atoms with van der Waals surface area (Å²) in [5.74, 6) is 0. The third kappa shape index (κ3) is 3.22. The van der Waals surface area contributed by atoms with Crippen LogP contribution in [0.3, 0.4) is 0 Å². The van der Waals surface area contributed by atoms with E-state index in [-0.39, 0.29) is 10.6 Å². The fourth-order valence-electron chi connectivity index (χ4n) is 2.04. The minimum Gasteiger partial charge on any atom is -0.280 e. The molecule has 0 radical (unpaired) electrons. The smallest absolute Gasteiger partial charge is 0.270 e. The number of aromatic nitrogens is 3. The van der Waals surface area contributed by atoms with Gasteiger partial charge in [-0.05, 0) is 24.3 Å². The monoisotopic (exact) mass is 345 g/mol. The van der Waals surface area contributed by atoms with E-state index in [4.69, 9.17) is 0 Å². The lowest BCUT2D eigenvalue weighted by molar-refractivity contribution is -0.385. The van der Waals surface area contributed by atoms with Gasteiger partial charge in [-0.1, -0.05) is 17.3 Å². The summed E-state index contributed by atoms with van der Waals surface area (Å²) >= 11 is 0. The largest absolute Gasteiger partial charge is 0.280 e. The number of non-ortho nitro benzene ring substituents is 1. The van der Waals surface area contributed by atoms with Gasteiger partial charge >= 0.3 is 0 Å². The van der Waals surface area contributed by atoms with E-state index in [1.807, 2.05) is 0 Å². The molecule has 0 fully saturated rings. The van der Waals surface area contributed by atoms with Crippen LogP contribution in [-0.4, -0.2) is 28.3 Å². The molecule has 0 aliphatic heterocycles. The number of nitro benzene ring substituents is 1. The Balaban J connectivity index is 1.91. The zero-order valence-electron chi connectivity index (χ0n) is 12.1. The van der Waals surface area contributed by atoms with Crippen molar-refractivity contribution in [1.29, 1.82) is 0 Å². The van der Waals surface area contributed by atoms with Gasteiger partial charge in [0.1, 0.15) is 0 Å². The standard InChI is InChI=1S/C14H11N5O4S/c20-19(21)13-5-2-6-14(10-13)24(22,23)16-11-3-1-4-12(9-11)18-8-7-15-17-18/h1-10,16H. The third-order valence-corrected chi connectivity index (χ3v) is 4.50. The normalized spacial score (nSPS) is 11.2. The summed E-state index contributed by atoms with van der Waals surface area (Å²) in [6.45, 7) is 0. The number of sulfonamides is 1. The zero-order chi connectivity index (χ0) is 17.2. The van der Waals surface area contributed by atoms with Crippen LogP contribution in [0.1, 0.15) is 0 Å². The maximum Gasteiger partial charge on any atom is 0.270 e. The van der Waals surface area contributed by atoms with E-state index in [1.54, 1.807) is 30.5 Å². The molecule has 0 aliphatic rings. The molecule has 1 aromatic heterocycles. The minimum absolute atomic E-state index is 0.192. The summed E-state index contributed by atoms with van der Waals surface area (Å²) in [7, 11) is -3.95. The first-order chi connectivity index (χ1) is 11.5. The van der Waals surface area contributed by atoms with Gasteiger partial charge in [-0.15, -0.1) is 5.10 Å². The number of hydrogen-bond acceptors (Lipinski definition) is 6. The first-order valence-corrected chi connectivity index (χ1v) is 8.18. The maximum absolute atomic E-state index is 12.4. The van der Waals surface area contributed by atoms with Gasteiger partial charge in [-0.3, -0.25) is 14.8 Å². The number of benzene rings is 2. The molecule has 0 amide bonds. The molecule has 10 heteroatoms. The average Bonchev–Trinajstić information content (AvgIpc) is 3.09. The van der Waals surface area contributed by atoms with Gasteiger partial charge in [-0.25, -0.2) is 13.1 Å². The fraction of sp³-hybridized carbons (Fsp3) is 0. The second kappa shape index (κ2) is 6.08. The Hall–Kier alpha value is -3.27. The van der Waals surface area contributed by atoms with Crippen molar-refractivity contribution in [1.82, 2.24) is 15.0 Å². The zero-order valence-corrected chi connectivity index (χ0v) is 12.9. The summed E-state index contributed by atoms with van der Waals surface area (Å²) in [5, 5.41) is 18.3. The van der Waals surface area contributed by atoms with E-state index in [0.717, 1.165) is 6.07 Å². The average molecular weight is 345 g/mol. The Morgan fingerprint density at radius 3 is 2.62 bits per heavy atom. The van der Waals surface area contributed by atoms with Crippen molar-refractivity contribution in [3.05, 3.63) is 71.0 Å². The van der Waals surface area contributed by atoms with Crippen molar-refractivity contribution in [3.63, 3.8) is 0 Å². The molecular formula is C14H11N5O4S. The summed E-state index contributed by atoms with van der Waals surface area (Å²) in [6, 6.07) is 11.4. The van der Waals surface area contributed by atoms with Gasteiger partial charge < -0.3 is 0 Å². The molecule has 0 saturated carbocycles. The number of anilines is 1. The van der Waals surface area contributed by atoms with Crippen LogP contribution in [-0.2, 0) is 10.0 Å². The molecule has 24 heavy (non-hydrogen) atoms. The van der Waals surface area contributed by atoms with E-state index >= 15 is 0 Å². The minimum atomic E-state index is -3.95. The van der Waals surface area contributed by atoms with Gasteiger partial charge in [0.25, 0.3) is 15.7 Å². The lowest BCUT2D eigenvalue weighted by atomic mass is 10.3. The van der Waals surface area contributed by atoms with Crippen LogP contribution in [0.25, 0.3) is 5.69 Å². The molecular weight excluding hydrogens is 334 g/mol. The van der Waals surface area contributed by atoms with Gasteiger partial charge in [-0.2, -0.15) is 0 Å². The van der Waals surface area contributed by atoms with E-state index in [2.05, 4.69) is 15.0 Å². The number of nitro groups is 1. The Labute approximate surface area is 136 Å². The van der Waals surface area contributed by atoms with E-state index < -0.39 is 14.9 Å². The van der Waals surface area contributed by atoms with Crippen molar-refractivity contribution < 1.29 is 13.3 Å². The molecule has 122 valence electrons. The van der Waals surface area contributed by atoms with E-state index in [0.29, 0.717) is 11.4 Å². The Kier molecular flexibility index (Phi) is 3.96. The second-order valence-electron chi connectivity index (χ2n) is 4.76. The fourth-order valence-corrected chi connectivity index (χ4v) is 3.12. The van der Waals surface area contributed by atoms with Crippen LogP contribution in [0.15, 0.2) is 65.8 Å². The molecule has 9 nitrogen and oxygen atoms in total. The first kappa shape index (κ1) is 15.6. The highest BCUT2D eigenvalue weighted by Crippen LogP contribution is 2.21. The predicted molar refractivity (Wildman–Crippen MR) is 85.3 cm³/mol. The highest BCUT2D eigenvalue weighted by atomic mass is 32.2. The molecule has 3 aromatic rings. The predicted octanol–water partition coefficient (Wildman–Crippen LogP) is 1.98. The van der Waals surface area contributed by atoms with Crippen molar-refractivity contribution in [2.45, 2.75) is 4.90 Å². The van der Waals surface area contributed by atoms with Crippen LogP contribution >= 0.6 is 0 Å². The van der Waals surface area contributed by atoms with Crippen LogP contribution in [0.2, 0.25) is 0 Å². The van der Waals surface area contributed by atoms with Crippen LogP contribution in [0, 0.1) is 10.1 Å². The highest BCUT2D eigenvalue weighted by Gasteiger charge is 2.18. The molecule has 1 N–H and O–H groups in total. The topological polar surface area (TPSA) is 120 Å². The molecule has 2 aromatic carbocycles. The van der Waals surface area contributed by atoms with Gasteiger partial charge in [0.05, 0.1) is 33.6 Å². The van der Waals surface area contributed by atoms with E-state index in [1.165, 1.54) is 29.1 Å². The van der Waals surface area contributed by atoms with Crippen molar-refractivity contribution in [2.24, 2.45) is 0 Å². The van der Waals surface area contributed by atoms with Crippen molar-refractivity contribution in [2.75, 3.05) is 4.72 Å². The lowest BCUT2D eigenvalue weighted by Crippen LogP contribution is -2.13. The SMILES string of the molecule is O=[N+]([O-])c1cccc(S(=O)(=O)Nc2cccc(-n3ccnn3)c2)c1. The van der Waals surface area contributed by atoms with Crippen molar-refractivity contribution in [3.8, 4) is 5.69 Å². The molecule has 0 aliphatic carbocycles. The van der Waals surface area contributed by atoms with Crippen LogP contribution in [0.5, 0.6) is 0 Å². The highest BCUT2D eigenvalue weighted by molar-refractivity contribution is 7.92. The number of rotatable bonds is 5. The summed E-state index contributed by atoms with van der Waals surface area (Å²) in [5.41, 5.74) is 0.621. The Bertz CT molecular complexity index is 986. The quantitative estimate of drug-likeness (QED) is 0.557. The van der Waals surface area contributed by atoms with Crippen LogP contribution in [0.4, 0.5) is 11.4 Å². The molecule has 3 rings (SSSR count).